The Labute approximate surface area is 260 Å². The maximum Gasteiger partial charge on any atom is 0.411 e. The van der Waals surface area contributed by atoms with E-state index in [1.54, 1.807) is 5.57 Å². The summed E-state index contributed by atoms with van der Waals surface area (Å²) < 4.78 is 6.07. The normalized spacial score (nSPS) is 35.1. The molecule has 4 aliphatic rings. The van der Waals surface area contributed by atoms with Crippen molar-refractivity contribution in [1.29, 1.82) is 0 Å². The fraction of sp³-hybridized carbons (Fsp3) is 0.625. The number of carbonyl (C=O) groups is 1. The molecule has 0 radical (unpaired) electrons. The smallest absolute Gasteiger partial charge is 0.411 e. The standard InChI is InChI=1S/C40H55NO2/c1-7-28(26(2)3)16-15-27(4)34-19-20-35-33-18-17-30-25-31(21-23-39(30,5)36(33)22-24-40(34,35)6)43-38(42)41-37-14-10-12-29-11-8-9-13-32(29)37/h8-17,26-28,31,33-36H,7,18-25H2,1-6H3,(H,41,42)/b16-15+/t27-,28+,31+,33+,34-,35+,36+,39+,40-/m1/s1. The molecule has 0 spiro atoms. The predicted octanol–water partition coefficient (Wildman–Crippen LogP) is 11.2. The number of hydrogen-bond donors (Lipinski definition) is 1. The number of hydrogen-bond acceptors (Lipinski definition) is 2. The van der Waals surface area contributed by atoms with Crippen LogP contribution in [0.1, 0.15) is 99.3 Å². The number of fused-ring (bicyclic) bond motifs is 6. The first-order chi connectivity index (χ1) is 20.6. The second kappa shape index (κ2) is 12.1. The second-order valence-electron chi connectivity index (χ2n) is 15.5. The third-order valence-corrected chi connectivity index (χ3v) is 13.1. The number of allylic oxidation sites excluding steroid dienone is 3. The molecule has 0 aromatic heterocycles. The molecule has 0 aliphatic heterocycles. The van der Waals surface area contributed by atoms with E-state index in [4.69, 9.17) is 4.74 Å². The molecule has 0 unspecified atom stereocenters. The molecule has 4 aliphatic carbocycles. The minimum Gasteiger partial charge on any atom is -0.446 e. The number of anilines is 1. The van der Waals surface area contributed by atoms with Gasteiger partial charge in [-0.2, -0.15) is 0 Å². The Morgan fingerprint density at radius 2 is 1.77 bits per heavy atom. The van der Waals surface area contributed by atoms with Crippen molar-refractivity contribution in [3.05, 3.63) is 66.3 Å². The van der Waals surface area contributed by atoms with Crippen molar-refractivity contribution in [3.63, 3.8) is 0 Å². The van der Waals surface area contributed by atoms with Crippen LogP contribution in [0.5, 0.6) is 0 Å². The summed E-state index contributed by atoms with van der Waals surface area (Å²) in [7, 11) is 0. The average Bonchev–Trinajstić information content (AvgIpc) is 3.35. The molecule has 43 heavy (non-hydrogen) atoms. The first kappa shape index (κ1) is 30.5. The highest BCUT2D eigenvalue weighted by molar-refractivity contribution is 6.00. The number of rotatable bonds is 7. The van der Waals surface area contributed by atoms with E-state index in [2.05, 4.69) is 77.2 Å². The number of ether oxygens (including phenoxy) is 1. The summed E-state index contributed by atoms with van der Waals surface area (Å²) in [5.41, 5.74) is 3.10. The van der Waals surface area contributed by atoms with E-state index in [0.29, 0.717) is 17.3 Å². The van der Waals surface area contributed by atoms with Gasteiger partial charge in [0, 0.05) is 11.8 Å². The zero-order valence-corrected chi connectivity index (χ0v) is 27.6. The lowest BCUT2D eigenvalue weighted by molar-refractivity contribution is -0.0545. The van der Waals surface area contributed by atoms with E-state index < -0.39 is 0 Å². The zero-order chi connectivity index (χ0) is 30.4. The summed E-state index contributed by atoms with van der Waals surface area (Å²) in [6, 6.07) is 14.2. The molecule has 3 fully saturated rings. The van der Waals surface area contributed by atoms with Crippen LogP contribution in [0.25, 0.3) is 10.8 Å². The third kappa shape index (κ3) is 5.59. The maximum atomic E-state index is 13.0. The van der Waals surface area contributed by atoms with Gasteiger partial charge in [-0.25, -0.2) is 4.79 Å². The highest BCUT2D eigenvalue weighted by Gasteiger charge is 2.59. The number of amides is 1. The molecule has 6 rings (SSSR count). The molecule has 2 aromatic rings. The summed E-state index contributed by atoms with van der Waals surface area (Å²) in [6.07, 6.45) is 18.3. The number of benzene rings is 2. The Morgan fingerprint density at radius 3 is 2.56 bits per heavy atom. The Kier molecular flexibility index (Phi) is 8.57. The van der Waals surface area contributed by atoms with Crippen molar-refractivity contribution in [3.8, 4) is 0 Å². The van der Waals surface area contributed by atoms with E-state index in [1.165, 1.54) is 38.5 Å². The van der Waals surface area contributed by atoms with E-state index in [9.17, 15) is 4.79 Å². The Balaban J connectivity index is 1.11. The fourth-order valence-corrected chi connectivity index (χ4v) is 10.5. The van der Waals surface area contributed by atoms with Crippen LogP contribution < -0.4 is 5.32 Å². The minimum absolute atomic E-state index is 0.0407. The monoisotopic (exact) mass is 581 g/mol. The average molecular weight is 582 g/mol. The summed E-state index contributed by atoms with van der Waals surface area (Å²) in [5, 5.41) is 5.21. The highest BCUT2D eigenvalue weighted by Crippen LogP contribution is 2.67. The summed E-state index contributed by atoms with van der Waals surface area (Å²) >= 11 is 0. The SMILES string of the molecule is CC[C@@H](/C=C/[C@@H](C)[C@H]1CC[C@H]2[C@@H]3CC=C4C[C@@H](OC(=O)Nc5cccc6ccccc56)CC[C@]4(C)[C@H]3CC[C@]12C)C(C)C. The largest absolute Gasteiger partial charge is 0.446 e. The van der Waals surface area contributed by atoms with Crippen LogP contribution in [-0.4, -0.2) is 12.2 Å². The molecule has 0 heterocycles. The molecule has 3 saturated carbocycles. The molecule has 0 bridgehead atoms. The van der Waals surface area contributed by atoms with Crippen LogP contribution in [-0.2, 0) is 4.74 Å². The van der Waals surface area contributed by atoms with Gasteiger partial charge in [-0.1, -0.05) is 102 Å². The van der Waals surface area contributed by atoms with E-state index >= 15 is 0 Å². The van der Waals surface area contributed by atoms with E-state index in [0.717, 1.165) is 65.3 Å². The molecular formula is C40H55NO2. The van der Waals surface area contributed by atoms with Gasteiger partial charge in [0.05, 0.1) is 5.69 Å². The first-order valence-electron chi connectivity index (χ1n) is 17.5. The molecule has 9 atom stereocenters. The van der Waals surface area contributed by atoms with Gasteiger partial charge in [0.1, 0.15) is 6.10 Å². The molecular weight excluding hydrogens is 526 g/mol. The fourth-order valence-electron chi connectivity index (χ4n) is 10.5. The minimum atomic E-state index is -0.327. The van der Waals surface area contributed by atoms with Gasteiger partial charge < -0.3 is 4.74 Å². The molecule has 1 N–H and O–H groups in total. The molecule has 2 aromatic carbocycles. The highest BCUT2D eigenvalue weighted by atomic mass is 16.6. The molecule has 3 nitrogen and oxygen atoms in total. The van der Waals surface area contributed by atoms with Crippen molar-refractivity contribution >= 4 is 22.6 Å². The Bertz CT molecular complexity index is 1370. The molecule has 3 heteroatoms. The lowest BCUT2D eigenvalue weighted by Crippen LogP contribution is -2.51. The van der Waals surface area contributed by atoms with Crippen molar-refractivity contribution in [2.24, 2.45) is 52.3 Å². The van der Waals surface area contributed by atoms with Gasteiger partial charge in [-0.3, -0.25) is 5.32 Å². The van der Waals surface area contributed by atoms with Crippen LogP contribution >= 0.6 is 0 Å². The Hall–Kier alpha value is -2.55. The van der Waals surface area contributed by atoms with Crippen molar-refractivity contribution < 1.29 is 9.53 Å². The van der Waals surface area contributed by atoms with Crippen LogP contribution in [0, 0.1) is 52.3 Å². The van der Waals surface area contributed by atoms with Crippen molar-refractivity contribution in [1.82, 2.24) is 0 Å². The quantitative estimate of drug-likeness (QED) is 0.330. The lowest BCUT2D eigenvalue weighted by atomic mass is 9.47. The van der Waals surface area contributed by atoms with E-state index in [1.807, 2.05) is 30.3 Å². The van der Waals surface area contributed by atoms with Crippen LogP contribution in [0.2, 0.25) is 0 Å². The number of carbonyl (C=O) groups excluding carboxylic acids is 1. The zero-order valence-electron chi connectivity index (χ0n) is 27.6. The second-order valence-corrected chi connectivity index (χ2v) is 15.5. The van der Waals surface area contributed by atoms with Gasteiger partial charge >= 0.3 is 6.09 Å². The summed E-state index contributed by atoms with van der Waals surface area (Å²) in [4.78, 5) is 13.0. The van der Waals surface area contributed by atoms with Crippen molar-refractivity contribution in [2.75, 3.05) is 5.32 Å². The topological polar surface area (TPSA) is 38.3 Å². The maximum absolute atomic E-state index is 13.0. The first-order valence-corrected chi connectivity index (χ1v) is 17.5. The van der Waals surface area contributed by atoms with Gasteiger partial charge in [-0.15, -0.1) is 0 Å². The number of nitrogens with one attached hydrogen (secondary N) is 1. The van der Waals surface area contributed by atoms with Crippen molar-refractivity contribution in [2.45, 2.75) is 105 Å². The van der Waals surface area contributed by atoms with Gasteiger partial charge in [0.15, 0.2) is 0 Å². The van der Waals surface area contributed by atoms with E-state index in [-0.39, 0.29) is 17.6 Å². The summed E-state index contributed by atoms with van der Waals surface area (Å²) in [5.74, 6) is 5.31. The van der Waals surface area contributed by atoms with Gasteiger partial charge in [0.2, 0.25) is 0 Å². The van der Waals surface area contributed by atoms with Crippen LogP contribution in [0.3, 0.4) is 0 Å². The van der Waals surface area contributed by atoms with Crippen LogP contribution in [0.15, 0.2) is 66.3 Å². The Morgan fingerprint density at radius 1 is 0.977 bits per heavy atom. The lowest BCUT2D eigenvalue weighted by Gasteiger charge is -2.58. The molecule has 0 saturated heterocycles. The van der Waals surface area contributed by atoms with Gasteiger partial charge in [-0.05, 0) is 115 Å². The van der Waals surface area contributed by atoms with Crippen LogP contribution in [0.4, 0.5) is 10.5 Å². The predicted molar refractivity (Wildman–Crippen MR) is 180 cm³/mol. The summed E-state index contributed by atoms with van der Waals surface area (Å²) in [6.45, 7) is 14.8. The molecule has 1 amide bonds. The molecule has 232 valence electrons. The third-order valence-electron chi connectivity index (χ3n) is 13.1. The van der Waals surface area contributed by atoms with Gasteiger partial charge in [0.25, 0.3) is 0 Å².